The summed E-state index contributed by atoms with van der Waals surface area (Å²) >= 11 is 0. The van der Waals surface area contributed by atoms with E-state index in [0.29, 0.717) is 6.54 Å². The van der Waals surface area contributed by atoms with Crippen LogP contribution in [0.4, 0.5) is 0 Å². The van der Waals surface area contributed by atoms with E-state index in [4.69, 9.17) is 9.52 Å². The monoisotopic (exact) mass is 434 g/mol. The van der Waals surface area contributed by atoms with Gasteiger partial charge in [0.15, 0.2) is 5.96 Å². The molecule has 1 unspecified atom stereocenters. The zero-order valence-electron chi connectivity index (χ0n) is 19.3. The van der Waals surface area contributed by atoms with Crippen LogP contribution in [0.2, 0.25) is 0 Å². The standard InChI is InChI=1S/C25H34N6O/c1-19-22(20(2)31(29-19)21-11-6-4-7-12-21)17-27-25(26-3)28-18-23(24-13-10-16-32-24)30-14-8-5-9-15-30/h4,6-7,10-13,16,23H,5,8-9,14-15,17-18H2,1-3H3,(H2,26,27,28). The minimum atomic E-state index is 0.202. The highest BCUT2D eigenvalue weighted by Crippen LogP contribution is 2.24. The number of nitrogens with one attached hydrogen (secondary N) is 2. The molecule has 1 aromatic carbocycles. The number of nitrogens with zero attached hydrogens (tertiary/aromatic N) is 4. The molecule has 1 aliphatic rings. The fourth-order valence-corrected chi connectivity index (χ4v) is 4.46. The number of aliphatic imine (C=N–C) groups is 1. The first-order valence-electron chi connectivity index (χ1n) is 11.5. The van der Waals surface area contributed by atoms with Crippen molar-refractivity contribution in [2.45, 2.75) is 45.7 Å². The van der Waals surface area contributed by atoms with E-state index in [9.17, 15) is 0 Å². The number of para-hydroxylation sites is 1. The summed E-state index contributed by atoms with van der Waals surface area (Å²) in [5.74, 6) is 1.79. The maximum atomic E-state index is 5.77. The normalized spacial score (nSPS) is 16.2. The van der Waals surface area contributed by atoms with Gasteiger partial charge in [0.05, 0.1) is 23.7 Å². The van der Waals surface area contributed by atoms with Crippen molar-refractivity contribution in [3.8, 4) is 5.69 Å². The van der Waals surface area contributed by atoms with Crippen molar-refractivity contribution in [1.29, 1.82) is 0 Å². The van der Waals surface area contributed by atoms with Gasteiger partial charge in [-0.25, -0.2) is 4.68 Å². The average Bonchev–Trinajstić information content (AvgIpc) is 3.46. The van der Waals surface area contributed by atoms with Crippen molar-refractivity contribution in [2.24, 2.45) is 4.99 Å². The number of benzene rings is 1. The maximum absolute atomic E-state index is 5.77. The molecule has 0 saturated carbocycles. The van der Waals surface area contributed by atoms with Gasteiger partial charge in [-0.2, -0.15) is 5.10 Å². The summed E-state index contributed by atoms with van der Waals surface area (Å²) in [4.78, 5) is 6.96. The summed E-state index contributed by atoms with van der Waals surface area (Å²) in [6.45, 7) is 7.80. The van der Waals surface area contributed by atoms with Crippen LogP contribution in [0.5, 0.6) is 0 Å². The molecule has 0 amide bonds. The first-order chi connectivity index (χ1) is 15.7. The van der Waals surface area contributed by atoms with Crippen molar-refractivity contribution < 1.29 is 4.42 Å². The predicted octanol–water partition coefficient (Wildman–Crippen LogP) is 3.97. The molecule has 0 spiro atoms. The molecule has 0 aliphatic carbocycles. The third-order valence-electron chi connectivity index (χ3n) is 6.26. The second kappa shape index (κ2) is 10.5. The van der Waals surface area contributed by atoms with Gasteiger partial charge in [0.25, 0.3) is 0 Å². The van der Waals surface area contributed by atoms with Crippen molar-refractivity contribution >= 4 is 5.96 Å². The molecule has 1 atom stereocenters. The number of hydrogen-bond acceptors (Lipinski definition) is 4. The van der Waals surface area contributed by atoms with E-state index >= 15 is 0 Å². The van der Waals surface area contributed by atoms with E-state index in [2.05, 4.69) is 52.6 Å². The molecule has 170 valence electrons. The van der Waals surface area contributed by atoms with Crippen LogP contribution in [0, 0.1) is 13.8 Å². The van der Waals surface area contributed by atoms with Gasteiger partial charge in [-0.3, -0.25) is 9.89 Å². The Labute approximate surface area is 190 Å². The molecule has 3 aromatic rings. The number of hydrogen-bond donors (Lipinski definition) is 2. The lowest BCUT2D eigenvalue weighted by Crippen LogP contribution is -2.44. The topological polar surface area (TPSA) is 70.6 Å². The number of likely N-dealkylation sites (tertiary alicyclic amines) is 1. The summed E-state index contributed by atoms with van der Waals surface area (Å²) in [5, 5.41) is 11.7. The van der Waals surface area contributed by atoms with E-state index in [1.807, 2.05) is 36.0 Å². The molecular formula is C25H34N6O. The van der Waals surface area contributed by atoms with Crippen molar-refractivity contribution in [1.82, 2.24) is 25.3 Å². The molecule has 1 fully saturated rings. The number of furan rings is 1. The quantitative estimate of drug-likeness (QED) is 0.435. The van der Waals surface area contributed by atoms with E-state index in [1.54, 1.807) is 6.26 Å². The molecule has 2 N–H and O–H groups in total. The van der Waals surface area contributed by atoms with Crippen LogP contribution in [0.25, 0.3) is 5.69 Å². The largest absolute Gasteiger partial charge is 0.468 e. The average molecular weight is 435 g/mol. The summed E-state index contributed by atoms with van der Waals surface area (Å²) in [6.07, 6.45) is 5.56. The summed E-state index contributed by atoms with van der Waals surface area (Å²) in [6, 6.07) is 14.5. The third kappa shape index (κ3) is 5.05. The summed E-state index contributed by atoms with van der Waals surface area (Å²) in [7, 11) is 1.81. The van der Waals surface area contributed by atoms with Gasteiger partial charge in [-0.1, -0.05) is 24.6 Å². The lowest BCUT2D eigenvalue weighted by atomic mass is 10.1. The second-order valence-corrected chi connectivity index (χ2v) is 8.33. The van der Waals surface area contributed by atoms with Crippen molar-refractivity contribution in [3.63, 3.8) is 0 Å². The van der Waals surface area contributed by atoms with E-state index in [-0.39, 0.29) is 6.04 Å². The smallest absolute Gasteiger partial charge is 0.191 e. The van der Waals surface area contributed by atoms with E-state index < -0.39 is 0 Å². The van der Waals surface area contributed by atoms with Crippen LogP contribution in [0.1, 0.15) is 48.0 Å². The molecule has 3 heterocycles. The number of rotatable bonds is 7. The number of piperidine rings is 1. The highest BCUT2D eigenvalue weighted by atomic mass is 16.3. The molecule has 0 radical (unpaired) electrons. The van der Waals surface area contributed by atoms with Crippen molar-refractivity contribution in [3.05, 3.63) is 71.4 Å². The molecule has 0 bridgehead atoms. The Hall–Kier alpha value is -3.06. The lowest BCUT2D eigenvalue weighted by molar-refractivity contribution is 0.146. The first kappa shape index (κ1) is 22.1. The Morgan fingerprint density at radius 2 is 1.84 bits per heavy atom. The second-order valence-electron chi connectivity index (χ2n) is 8.33. The van der Waals surface area contributed by atoms with Crippen LogP contribution >= 0.6 is 0 Å². The molecule has 1 saturated heterocycles. The Morgan fingerprint density at radius 3 is 2.53 bits per heavy atom. The fourth-order valence-electron chi connectivity index (χ4n) is 4.46. The fraction of sp³-hybridized carbons (Fsp3) is 0.440. The Balaban J connectivity index is 1.40. The lowest BCUT2D eigenvalue weighted by Gasteiger charge is -2.33. The highest BCUT2D eigenvalue weighted by molar-refractivity contribution is 5.79. The van der Waals surface area contributed by atoms with Gasteiger partial charge in [0.1, 0.15) is 5.76 Å². The van der Waals surface area contributed by atoms with Gasteiger partial charge >= 0.3 is 0 Å². The Kier molecular flexibility index (Phi) is 7.27. The van der Waals surface area contributed by atoms with Gasteiger partial charge in [0, 0.05) is 31.4 Å². The van der Waals surface area contributed by atoms with Crippen LogP contribution in [-0.2, 0) is 6.54 Å². The van der Waals surface area contributed by atoms with Crippen LogP contribution < -0.4 is 10.6 Å². The SMILES string of the molecule is CN=C(NCc1c(C)nn(-c2ccccc2)c1C)NCC(c1ccco1)N1CCCCC1. The molecule has 4 rings (SSSR count). The minimum Gasteiger partial charge on any atom is -0.468 e. The first-order valence-corrected chi connectivity index (χ1v) is 11.5. The zero-order valence-corrected chi connectivity index (χ0v) is 19.3. The number of aromatic nitrogens is 2. The van der Waals surface area contributed by atoms with Gasteiger partial charge in [0.2, 0.25) is 0 Å². The van der Waals surface area contributed by atoms with Gasteiger partial charge in [-0.05, 0) is 64.0 Å². The maximum Gasteiger partial charge on any atom is 0.191 e. The molecule has 7 heteroatoms. The minimum absolute atomic E-state index is 0.202. The summed E-state index contributed by atoms with van der Waals surface area (Å²) < 4.78 is 7.77. The Morgan fingerprint density at radius 1 is 1.06 bits per heavy atom. The zero-order chi connectivity index (χ0) is 22.3. The summed E-state index contributed by atoms with van der Waals surface area (Å²) in [5.41, 5.74) is 4.43. The number of guanidine groups is 1. The molecule has 7 nitrogen and oxygen atoms in total. The third-order valence-corrected chi connectivity index (χ3v) is 6.26. The number of aryl methyl sites for hydroxylation is 1. The van der Waals surface area contributed by atoms with Crippen molar-refractivity contribution in [2.75, 3.05) is 26.7 Å². The molecule has 32 heavy (non-hydrogen) atoms. The highest BCUT2D eigenvalue weighted by Gasteiger charge is 2.24. The Bertz CT molecular complexity index is 1000. The van der Waals surface area contributed by atoms with Crippen LogP contribution in [-0.4, -0.2) is 47.3 Å². The predicted molar refractivity (Wildman–Crippen MR) is 128 cm³/mol. The molecule has 2 aromatic heterocycles. The molecular weight excluding hydrogens is 400 g/mol. The van der Waals surface area contributed by atoms with E-state index in [0.717, 1.165) is 48.4 Å². The van der Waals surface area contributed by atoms with Gasteiger partial charge in [-0.15, -0.1) is 0 Å². The molecule has 1 aliphatic heterocycles. The van der Waals surface area contributed by atoms with Crippen LogP contribution in [0.15, 0.2) is 58.1 Å². The van der Waals surface area contributed by atoms with E-state index in [1.165, 1.54) is 24.8 Å². The van der Waals surface area contributed by atoms with Gasteiger partial charge < -0.3 is 15.1 Å². The van der Waals surface area contributed by atoms with Crippen LogP contribution in [0.3, 0.4) is 0 Å².